The van der Waals surface area contributed by atoms with Gasteiger partial charge in [0.2, 0.25) is 0 Å². The molecule has 0 spiro atoms. The molecule has 42 heavy (non-hydrogen) atoms. The SMILES string of the molecule is CCc1cccc(C(C)(C)NCC(O)C(Cc2cc(F)cc(F)c2)NC(=O)c2ccc(O)c(C(=O)N3CCCC3)c2)c1. The largest absolute Gasteiger partial charge is 0.507 e. The van der Waals surface area contributed by atoms with Gasteiger partial charge < -0.3 is 25.7 Å². The number of phenolic OH excluding ortho intramolecular Hbond substituents is 1. The van der Waals surface area contributed by atoms with Gasteiger partial charge >= 0.3 is 0 Å². The molecule has 2 amide bonds. The van der Waals surface area contributed by atoms with Crippen LogP contribution in [0.3, 0.4) is 0 Å². The molecule has 4 N–H and O–H groups in total. The van der Waals surface area contributed by atoms with Crippen molar-refractivity contribution in [2.75, 3.05) is 19.6 Å². The molecule has 2 unspecified atom stereocenters. The number of amides is 2. The van der Waals surface area contributed by atoms with Crippen LogP contribution in [0.2, 0.25) is 0 Å². The maximum Gasteiger partial charge on any atom is 0.257 e. The lowest BCUT2D eigenvalue weighted by molar-refractivity contribution is 0.0789. The van der Waals surface area contributed by atoms with E-state index < -0.39 is 35.2 Å². The Morgan fingerprint density at radius 2 is 1.67 bits per heavy atom. The van der Waals surface area contributed by atoms with E-state index >= 15 is 0 Å². The fourth-order valence-corrected chi connectivity index (χ4v) is 5.24. The normalized spacial score (nSPS) is 15.0. The fourth-order valence-electron chi connectivity index (χ4n) is 5.24. The first-order valence-corrected chi connectivity index (χ1v) is 14.4. The molecule has 7 nitrogen and oxygen atoms in total. The summed E-state index contributed by atoms with van der Waals surface area (Å²) in [6.07, 6.45) is 1.45. The van der Waals surface area contributed by atoms with Crippen LogP contribution in [-0.2, 0) is 18.4 Å². The summed E-state index contributed by atoms with van der Waals surface area (Å²) in [4.78, 5) is 27.9. The number of aromatic hydroxyl groups is 1. The number of likely N-dealkylation sites (tertiary alicyclic amines) is 1. The summed E-state index contributed by atoms with van der Waals surface area (Å²) in [6.45, 7) is 7.28. The highest BCUT2D eigenvalue weighted by atomic mass is 19.1. The summed E-state index contributed by atoms with van der Waals surface area (Å²) in [5, 5.41) is 27.8. The number of rotatable bonds is 11. The quantitative estimate of drug-likeness (QED) is 0.264. The van der Waals surface area contributed by atoms with Gasteiger partial charge in [-0.2, -0.15) is 0 Å². The third-order valence-corrected chi connectivity index (χ3v) is 7.85. The van der Waals surface area contributed by atoms with Crippen molar-refractivity contribution in [1.82, 2.24) is 15.5 Å². The van der Waals surface area contributed by atoms with Gasteiger partial charge in [0.15, 0.2) is 0 Å². The topological polar surface area (TPSA) is 102 Å². The number of nitrogens with zero attached hydrogens (tertiary/aromatic N) is 1. The predicted octanol–water partition coefficient (Wildman–Crippen LogP) is 4.70. The van der Waals surface area contributed by atoms with Crippen LogP contribution in [0.5, 0.6) is 5.75 Å². The van der Waals surface area contributed by atoms with Gasteiger partial charge in [-0.1, -0.05) is 31.2 Å². The van der Waals surface area contributed by atoms with Gasteiger partial charge in [0.25, 0.3) is 11.8 Å². The summed E-state index contributed by atoms with van der Waals surface area (Å²) in [7, 11) is 0. The Hall–Kier alpha value is -3.82. The van der Waals surface area contributed by atoms with E-state index in [0.717, 1.165) is 43.0 Å². The average molecular weight is 580 g/mol. The van der Waals surface area contributed by atoms with Crippen LogP contribution in [-0.4, -0.2) is 58.7 Å². The monoisotopic (exact) mass is 579 g/mol. The molecule has 1 heterocycles. The third-order valence-electron chi connectivity index (χ3n) is 7.85. The van der Waals surface area contributed by atoms with E-state index in [1.165, 1.54) is 23.8 Å². The molecule has 2 atom stereocenters. The molecule has 3 aromatic carbocycles. The second-order valence-corrected chi connectivity index (χ2v) is 11.4. The molecular weight excluding hydrogens is 540 g/mol. The Morgan fingerprint density at radius 1 is 0.976 bits per heavy atom. The number of aryl methyl sites for hydroxylation is 1. The van der Waals surface area contributed by atoms with Crippen molar-refractivity contribution in [2.24, 2.45) is 0 Å². The standard InChI is InChI=1S/C33H39F2N3O4/c1-4-21-8-7-9-24(14-21)33(2,3)36-20-30(40)28(17-22-15-25(34)19-26(35)16-22)37-31(41)23-10-11-29(39)27(18-23)32(42)38-12-5-6-13-38/h7-11,14-16,18-19,28,30,36,39-40H,4-6,12-13,17,20H2,1-3H3,(H,37,41). The van der Waals surface area contributed by atoms with Crippen LogP contribution in [0.1, 0.15) is 71.0 Å². The minimum absolute atomic E-state index is 0.0200. The molecule has 1 saturated heterocycles. The number of hydrogen-bond donors (Lipinski definition) is 4. The van der Waals surface area contributed by atoms with Gasteiger partial charge in [-0.25, -0.2) is 8.78 Å². The average Bonchev–Trinajstić information content (AvgIpc) is 3.50. The lowest BCUT2D eigenvalue weighted by Gasteiger charge is -2.31. The predicted molar refractivity (Wildman–Crippen MR) is 157 cm³/mol. The van der Waals surface area contributed by atoms with Crippen LogP contribution >= 0.6 is 0 Å². The smallest absolute Gasteiger partial charge is 0.257 e. The van der Waals surface area contributed by atoms with Gasteiger partial charge in [0, 0.05) is 36.8 Å². The number of carbonyl (C=O) groups is 2. The number of nitrogens with one attached hydrogen (secondary N) is 2. The Balaban J connectivity index is 1.54. The zero-order chi connectivity index (χ0) is 30.4. The number of halogens is 2. The molecule has 1 fully saturated rings. The maximum absolute atomic E-state index is 14.0. The van der Waals surface area contributed by atoms with Crippen molar-refractivity contribution in [2.45, 2.75) is 64.1 Å². The number of aliphatic hydroxyl groups excluding tert-OH is 1. The molecule has 9 heteroatoms. The zero-order valence-electron chi connectivity index (χ0n) is 24.3. The van der Waals surface area contributed by atoms with Gasteiger partial charge in [-0.15, -0.1) is 0 Å². The van der Waals surface area contributed by atoms with E-state index in [2.05, 4.69) is 23.6 Å². The molecule has 3 aromatic rings. The molecular formula is C33H39F2N3O4. The van der Waals surface area contributed by atoms with Crippen LogP contribution < -0.4 is 10.6 Å². The summed E-state index contributed by atoms with van der Waals surface area (Å²) < 4.78 is 28.0. The first-order chi connectivity index (χ1) is 20.0. The molecule has 1 aliphatic rings. The molecule has 1 aliphatic heterocycles. The second kappa shape index (κ2) is 13.4. The third kappa shape index (κ3) is 7.72. The summed E-state index contributed by atoms with van der Waals surface area (Å²) in [5.41, 5.74) is 2.09. The Labute approximate surface area is 245 Å². The van der Waals surface area contributed by atoms with Gasteiger partial charge in [-0.05, 0) is 86.6 Å². The number of phenols is 1. The Bertz CT molecular complexity index is 1400. The first-order valence-electron chi connectivity index (χ1n) is 14.4. The molecule has 4 rings (SSSR count). The van der Waals surface area contributed by atoms with Crippen molar-refractivity contribution in [3.8, 4) is 5.75 Å². The highest BCUT2D eigenvalue weighted by Gasteiger charge is 2.28. The van der Waals surface area contributed by atoms with Crippen LogP contribution in [0.15, 0.2) is 60.7 Å². The Morgan fingerprint density at radius 3 is 2.33 bits per heavy atom. The van der Waals surface area contributed by atoms with E-state index in [4.69, 9.17) is 0 Å². The minimum Gasteiger partial charge on any atom is -0.507 e. The first kappa shape index (κ1) is 31.1. The van der Waals surface area contributed by atoms with Gasteiger partial charge in [0.1, 0.15) is 17.4 Å². The van der Waals surface area contributed by atoms with Gasteiger partial charge in [0.05, 0.1) is 17.7 Å². The molecule has 0 bridgehead atoms. The number of aliphatic hydroxyl groups is 1. The van der Waals surface area contributed by atoms with Crippen molar-refractivity contribution in [1.29, 1.82) is 0 Å². The zero-order valence-corrected chi connectivity index (χ0v) is 24.3. The van der Waals surface area contributed by atoms with Crippen LogP contribution in [0, 0.1) is 11.6 Å². The van der Waals surface area contributed by atoms with Crippen LogP contribution in [0.25, 0.3) is 0 Å². The highest BCUT2D eigenvalue weighted by Crippen LogP contribution is 2.24. The highest BCUT2D eigenvalue weighted by molar-refractivity contribution is 6.01. The van der Waals surface area contributed by atoms with Crippen LogP contribution in [0.4, 0.5) is 8.78 Å². The van der Waals surface area contributed by atoms with Crippen molar-refractivity contribution in [3.63, 3.8) is 0 Å². The Kier molecular flexibility index (Phi) is 9.96. The van der Waals surface area contributed by atoms with Gasteiger partial charge in [-0.3, -0.25) is 9.59 Å². The molecule has 0 aliphatic carbocycles. The number of carbonyl (C=O) groups excluding carboxylic acids is 2. The summed E-state index contributed by atoms with van der Waals surface area (Å²) in [6, 6.07) is 14.3. The summed E-state index contributed by atoms with van der Waals surface area (Å²) in [5.74, 6) is -2.70. The molecule has 0 radical (unpaired) electrons. The second-order valence-electron chi connectivity index (χ2n) is 11.4. The molecule has 0 aromatic heterocycles. The number of benzene rings is 3. The van der Waals surface area contributed by atoms with E-state index in [-0.39, 0.29) is 41.3 Å². The van der Waals surface area contributed by atoms with Crippen molar-refractivity contribution >= 4 is 11.8 Å². The summed E-state index contributed by atoms with van der Waals surface area (Å²) >= 11 is 0. The lowest BCUT2D eigenvalue weighted by atomic mass is 9.91. The maximum atomic E-state index is 14.0. The molecule has 0 saturated carbocycles. The van der Waals surface area contributed by atoms with E-state index in [0.29, 0.717) is 13.1 Å². The fraction of sp³-hybridized carbons (Fsp3) is 0.394. The van der Waals surface area contributed by atoms with Crippen molar-refractivity contribution in [3.05, 3.63) is 100 Å². The van der Waals surface area contributed by atoms with E-state index in [9.17, 15) is 28.6 Å². The minimum atomic E-state index is -1.14. The molecule has 224 valence electrons. The van der Waals surface area contributed by atoms with E-state index in [1.807, 2.05) is 32.0 Å². The van der Waals surface area contributed by atoms with Crippen molar-refractivity contribution < 1.29 is 28.6 Å². The lowest BCUT2D eigenvalue weighted by Crippen LogP contribution is -2.51. The van der Waals surface area contributed by atoms with E-state index in [1.54, 1.807) is 4.90 Å². The number of hydrogen-bond acceptors (Lipinski definition) is 5.